The third-order valence-corrected chi connectivity index (χ3v) is 2.68. The molecule has 1 atom stereocenters. The van der Waals surface area contributed by atoms with E-state index in [2.05, 4.69) is 11.8 Å². The summed E-state index contributed by atoms with van der Waals surface area (Å²) in [6, 6.07) is 0.810. The van der Waals surface area contributed by atoms with Crippen LogP contribution in [-0.2, 0) is 4.74 Å². The van der Waals surface area contributed by atoms with Gasteiger partial charge in [-0.1, -0.05) is 19.8 Å². The zero-order valence-electron chi connectivity index (χ0n) is 8.38. The van der Waals surface area contributed by atoms with E-state index in [1.54, 1.807) is 7.11 Å². The molecule has 2 nitrogen and oxygen atoms in total. The van der Waals surface area contributed by atoms with Gasteiger partial charge in [-0.3, -0.25) is 4.90 Å². The summed E-state index contributed by atoms with van der Waals surface area (Å²) in [5.74, 6) is 0. The Kier molecular flexibility index (Phi) is 4.62. The third kappa shape index (κ3) is 2.76. The van der Waals surface area contributed by atoms with Crippen LogP contribution in [0.2, 0.25) is 0 Å². The second-order valence-electron chi connectivity index (χ2n) is 3.67. The van der Waals surface area contributed by atoms with Gasteiger partial charge < -0.3 is 4.74 Å². The van der Waals surface area contributed by atoms with Crippen molar-refractivity contribution in [3.8, 4) is 0 Å². The molecule has 1 aliphatic heterocycles. The fourth-order valence-corrected chi connectivity index (χ4v) is 2.00. The van der Waals surface area contributed by atoms with Gasteiger partial charge in [0.25, 0.3) is 0 Å². The Morgan fingerprint density at radius 2 is 2.33 bits per heavy atom. The molecule has 2 heteroatoms. The van der Waals surface area contributed by atoms with Gasteiger partial charge in [0.15, 0.2) is 0 Å². The Hall–Kier alpha value is -0.0800. The predicted molar refractivity (Wildman–Crippen MR) is 51.1 cm³/mol. The number of hydrogen-bond donors (Lipinski definition) is 0. The van der Waals surface area contributed by atoms with Gasteiger partial charge in [-0.15, -0.1) is 0 Å². The summed E-state index contributed by atoms with van der Waals surface area (Å²) in [5.41, 5.74) is 0. The molecule has 1 fully saturated rings. The number of unbranched alkanes of at least 4 members (excludes halogenated alkanes) is 1. The lowest BCUT2D eigenvalue weighted by Crippen LogP contribution is -2.31. The van der Waals surface area contributed by atoms with Gasteiger partial charge in [0.05, 0.1) is 6.73 Å². The third-order valence-electron chi connectivity index (χ3n) is 2.68. The van der Waals surface area contributed by atoms with E-state index in [-0.39, 0.29) is 0 Å². The van der Waals surface area contributed by atoms with Crippen LogP contribution in [0.5, 0.6) is 0 Å². The number of hydrogen-bond acceptors (Lipinski definition) is 2. The molecule has 12 heavy (non-hydrogen) atoms. The van der Waals surface area contributed by atoms with Crippen LogP contribution in [-0.4, -0.2) is 31.3 Å². The first kappa shape index (κ1) is 10.0. The maximum atomic E-state index is 5.16. The molecule has 1 saturated heterocycles. The number of nitrogens with zero attached hydrogens (tertiary/aromatic N) is 1. The van der Waals surface area contributed by atoms with Crippen LogP contribution in [0.4, 0.5) is 0 Å². The van der Waals surface area contributed by atoms with Crippen molar-refractivity contribution in [2.45, 2.75) is 45.1 Å². The number of likely N-dealkylation sites (tertiary alicyclic amines) is 1. The van der Waals surface area contributed by atoms with Gasteiger partial charge in [-0.05, 0) is 19.3 Å². The van der Waals surface area contributed by atoms with Crippen molar-refractivity contribution in [1.82, 2.24) is 4.90 Å². The first-order valence-electron chi connectivity index (χ1n) is 5.11. The molecule has 0 saturated carbocycles. The maximum Gasteiger partial charge on any atom is 0.0988 e. The van der Waals surface area contributed by atoms with Crippen LogP contribution in [0.3, 0.4) is 0 Å². The normalized spacial score (nSPS) is 25.0. The van der Waals surface area contributed by atoms with E-state index in [0.717, 1.165) is 12.8 Å². The quantitative estimate of drug-likeness (QED) is 0.629. The van der Waals surface area contributed by atoms with Gasteiger partial charge in [0.1, 0.15) is 0 Å². The van der Waals surface area contributed by atoms with Crippen LogP contribution in [0.15, 0.2) is 0 Å². The summed E-state index contributed by atoms with van der Waals surface area (Å²) >= 11 is 0. The molecule has 0 N–H and O–H groups in total. The van der Waals surface area contributed by atoms with Crippen molar-refractivity contribution < 1.29 is 4.74 Å². The van der Waals surface area contributed by atoms with E-state index in [1.165, 1.54) is 38.6 Å². The van der Waals surface area contributed by atoms with Crippen molar-refractivity contribution in [1.29, 1.82) is 0 Å². The van der Waals surface area contributed by atoms with Crippen molar-refractivity contribution >= 4 is 0 Å². The molecule has 0 aromatic carbocycles. The van der Waals surface area contributed by atoms with E-state index in [9.17, 15) is 0 Å². The molecule has 0 bridgehead atoms. The minimum Gasteiger partial charge on any atom is -0.369 e. The molecule has 72 valence electrons. The lowest BCUT2D eigenvalue weighted by Gasteiger charge is -2.22. The van der Waals surface area contributed by atoms with E-state index in [4.69, 9.17) is 4.74 Å². The number of methoxy groups -OCH3 is 1. The maximum absolute atomic E-state index is 5.16. The summed E-state index contributed by atoms with van der Waals surface area (Å²) < 4.78 is 5.16. The zero-order chi connectivity index (χ0) is 8.81. The number of ether oxygens (including phenoxy) is 1. The molecule has 1 aliphatic rings. The number of rotatable bonds is 5. The molecule has 0 amide bonds. The van der Waals surface area contributed by atoms with Gasteiger partial charge in [-0.2, -0.15) is 0 Å². The molecule has 1 rings (SSSR count). The molecule has 0 radical (unpaired) electrons. The molecular formula is C10H21NO. The fraction of sp³-hybridized carbons (Fsp3) is 1.00. The Morgan fingerprint density at radius 3 is 3.00 bits per heavy atom. The lowest BCUT2D eigenvalue weighted by molar-refractivity contribution is 0.0520. The highest BCUT2D eigenvalue weighted by Crippen LogP contribution is 2.21. The minimum atomic E-state index is 0.810. The highest BCUT2D eigenvalue weighted by atomic mass is 16.5. The van der Waals surface area contributed by atoms with Crippen molar-refractivity contribution in [2.24, 2.45) is 0 Å². The van der Waals surface area contributed by atoms with Crippen LogP contribution >= 0.6 is 0 Å². The van der Waals surface area contributed by atoms with Crippen LogP contribution < -0.4 is 0 Å². The first-order chi connectivity index (χ1) is 5.88. The van der Waals surface area contributed by atoms with Crippen molar-refractivity contribution in [2.75, 3.05) is 20.4 Å². The summed E-state index contributed by atoms with van der Waals surface area (Å²) in [6.07, 6.45) is 6.78. The topological polar surface area (TPSA) is 12.5 Å². The second kappa shape index (κ2) is 5.55. The molecule has 0 aromatic heterocycles. The zero-order valence-corrected chi connectivity index (χ0v) is 8.38. The Bertz CT molecular complexity index is 116. The monoisotopic (exact) mass is 171 g/mol. The average Bonchev–Trinajstić information content (AvgIpc) is 2.50. The molecule has 0 spiro atoms. The van der Waals surface area contributed by atoms with E-state index < -0.39 is 0 Å². The van der Waals surface area contributed by atoms with E-state index in [0.29, 0.717) is 0 Å². The van der Waals surface area contributed by atoms with Gasteiger partial charge in [0, 0.05) is 19.7 Å². The summed E-state index contributed by atoms with van der Waals surface area (Å²) in [4.78, 5) is 2.47. The standard InChI is InChI=1S/C10H21NO/c1-3-4-6-10-7-5-8-11(10)9-12-2/h10H,3-9H2,1-2H3. The van der Waals surface area contributed by atoms with Gasteiger partial charge >= 0.3 is 0 Å². The molecule has 1 unspecified atom stereocenters. The minimum absolute atomic E-state index is 0.810. The highest BCUT2D eigenvalue weighted by Gasteiger charge is 2.22. The predicted octanol–water partition coefficient (Wildman–Crippen LogP) is 2.24. The van der Waals surface area contributed by atoms with Gasteiger partial charge in [0.2, 0.25) is 0 Å². The first-order valence-corrected chi connectivity index (χ1v) is 5.11. The van der Waals surface area contributed by atoms with Gasteiger partial charge in [-0.25, -0.2) is 0 Å². The lowest BCUT2D eigenvalue weighted by atomic mass is 10.1. The van der Waals surface area contributed by atoms with Crippen LogP contribution in [0, 0.1) is 0 Å². The summed E-state index contributed by atoms with van der Waals surface area (Å²) in [5, 5.41) is 0. The molecule has 0 aromatic rings. The SMILES string of the molecule is CCCCC1CCCN1COC. The molecule has 1 heterocycles. The smallest absolute Gasteiger partial charge is 0.0988 e. The van der Waals surface area contributed by atoms with Crippen LogP contribution in [0.1, 0.15) is 39.0 Å². The Balaban J connectivity index is 2.20. The highest BCUT2D eigenvalue weighted by molar-refractivity contribution is 4.76. The van der Waals surface area contributed by atoms with E-state index in [1.807, 2.05) is 0 Å². The molecule has 0 aliphatic carbocycles. The largest absolute Gasteiger partial charge is 0.369 e. The Labute approximate surface area is 75.9 Å². The van der Waals surface area contributed by atoms with Crippen molar-refractivity contribution in [3.63, 3.8) is 0 Å². The average molecular weight is 171 g/mol. The van der Waals surface area contributed by atoms with Crippen molar-refractivity contribution in [3.05, 3.63) is 0 Å². The van der Waals surface area contributed by atoms with E-state index >= 15 is 0 Å². The summed E-state index contributed by atoms with van der Waals surface area (Å²) in [7, 11) is 1.79. The molecular weight excluding hydrogens is 150 g/mol. The van der Waals surface area contributed by atoms with Crippen LogP contribution in [0.25, 0.3) is 0 Å². The second-order valence-corrected chi connectivity index (χ2v) is 3.67. The summed E-state index contributed by atoms with van der Waals surface area (Å²) in [6.45, 7) is 4.33. The Morgan fingerprint density at radius 1 is 1.50 bits per heavy atom. The fourth-order valence-electron chi connectivity index (χ4n) is 2.00.